The Morgan fingerprint density at radius 2 is 2.07 bits per heavy atom. The minimum Gasteiger partial charge on any atom is -0.494 e. The second-order valence-electron chi connectivity index (χ2n) is 6.97. The molecule has 1 aliphatic rings. The zero-order valence-electron chi connectivity index (χ0n) is 15.9. The minimum atomic E-state index is -1.02. The van der Waals surface area contributed by atoms with Crippen LogP contribution in [0.15, 0.2) is 24.3 Å². The van der Waals surface area contributed by atoms with Gasteiger partial charge in [-0.3, -0.25) is 14.4 Å². The summed E-state index contributed by atoms with van der Waals surface area (Å²) in [5, 5.41) is 9.56. The highest BCUT2D eigenvalue weighted by molar-refractivity contribution is 5.94. The van der Waals surface area contributed by atoms with E-state index in [0.717, 1.165) is 0 Å². The lowest BCUT2D eigenvalue weighted by Crippen LogP contribution is -2.52. The average molecular weight is 377 g/mol. The van der Waals surface area contributed by atoms with Crippen molar-refractivity contribution in [2.75, 3.05) is 33.4 Å². The van der Waals surface area contributed by atoms with E-state index in [1.807, 2.05) is 0 Å². The molecule has 0 radical (unpaired) electrons. The summed E-state index contributed by atoms with van der Waals surface area (Å²) in [5.41, 5.74) is -0.438. The number of ether oxygens (including phenoxy) is 2. The van der Waals surface area contributed by atoms with Gasteiger partial charge in [0.15, 0.2) is 5.78 Å². The number of hydrogen-bond acceptors (Lipinski definition) is 5. The largest absolute Gasteiger partial charge is 0.494 e. The molecular formula is C20H27NO6. The molecule has 1 saturated heterocycles. The van der Waals surface area contributed by atoms with Crippen LogP contribution in [0.5, 0.6) is 5.75 Å². The van der Waals surface area contributed by atoms with Gasteiger partial charge in [-0.1, -0.05) is 12.1 Å². The molecule has 0 saturated carbocycles. The number of carbonyl (C=O) groups is 3. The molecule has 7 nitrogen and oxygen atoms in total. The molecule has 1 heterocycles. The van der Waals surface area contributed by atoms with Crippen molar-refractivity contribution in [3.05, 3.63) is 29.8 Å². The maximum absolute atomic E-state index is 12.5. The Balaban J connectivity index is 1.82. The number of ketones is 1. The number of amides is 1. The lowest BCUT2D eigenvalue weighted by atomic mass is 9.80. The smallest absolute Gasteiger partial charge is 0.313 e. The van der Waals surface area contributed by atoms with E-state index in [2.05, 4.69) is 0 Å². The van der Waals surface area contributed by atoms with Crippen molar-refractivity contribution in [3.8, 4) is 5.75 Å². The van der Waals surface area contributed by atoms with Gasteiger partial charge in [0.05, 0.1) is 13.2 Å². The predicted molar refractivity (Wildman–Crippen MR) is 98.9 cm³/mol. The van der Waals surface area contributed by atoms with Crippen LogP contribution >= 0.6 is 0 Å². The van der Waals surface area contributed by atoms with Crippen LogP contribution in [-0.2, 0) is 14.3 Å². The van der Waals surface area contributed by atoms with Crippen LogP contribution in [0, 0.1) is 5.41 Å². The van der Waals surface area contributed by atoms with E-state index in [1.165, 1.54) is 14.0 Å². The fraction of sp³-hybridized carbons (Fsp3) is 0.550. The molecule has 1 aliphatic heterocycles. The van der Waals surface area contributed by atoms with E-state index in [1.54, 1.807) is 29.2 Å². The molecule has 0 bridgehead atoms. The molecule has 7 heteroatoms. The lowest BCUT2D eigenvalue weighted by Gasteiger charge is -2.39. The third-order valence-corrected chi connectivity index (χ3v) is 4.85. The summed E-state index contributed by atoms with van der Waals surface area (Å²) in [4.78, 5) is 37.1. The number of piperidine rings is 1. The number of nitrogens with zero attached hydrogens (tertiary/aromatic N) is 1. The summed E-state index contributed by atoms with van der Waals surface area (Å²) in [6.45, 7) is 2.69. The summed E-state index contributed by atoms with van der Waals surface area (Å²) < 4.78 is 10.7. The van der Waals surface area contributed by atoms with Crippen molar-refractivity contribution in [2.24, 2.45) is 5.41 Å². The van der Waals surface area contributed by atoms with Gasteiger partial charge in [0.2, 0.25) is 5.91 Å². The maximum atomic E-state index is 12.5. The second kappa shape index (κ2) is 9.50. The third-order valence-electron chi connectivity index (χ3n) is 4.85. The van der Waals surface area contributed by atoms with Gasteiger partial charge in [0.1, 0.15) is 11.2 Å². The average Bonchev–Trinajstić information content (AvgIpc) is 2.65. The summed E-state index contributed by atoms with van der Waals surface area (Å²) in [7, 11) is 1.48. The number of methoxy groups -OCH3 is 1. The van der Waals surface area contributed by atoms with E-state index in [4.69, 9.17) is 9.47 Å². The van der Waals surface area contributed by atoms with Crippen molar-refractivity contribution in [1.82, 2.24) is 4.90 Å². The first-order chi connectivity index (χ1) is 12.9. The zero-order valence-corrected chi connectivity index (χ0v) is 15.9. The Kier molecular flexibility index (Phi) is 7.36. The number of carbonyl (C=O) groups excluding carboxylic acids is 2. The summed E-state index contributed by atoms with van der Waals surface area (Å²) >= 11 is 0. The molecule has 1 aromatic carbocycles. The van der Waals surface area contributed by atoms with Gasteiger partial charge in [0.25, 0.3) is 0 Å². The molecular weight excluding hydrogens is 350 g/mol. The molecule has 0 aliphatic carbocycles. The van der Waals surface area contributed by atoms with Crippen LogP contribution in [-0.4, -0.2) is 61.1 Å². The van der Waals surface area contributed by atoms with Gasteiger partial charge in [0, 0.05) is 32.2 Å². The van der Waals surface area contributed by atoms with Gasteiger partial charge in [-0.25, -0.2) is 0 Å². The third kappa shape index (κ3) is 5.53. The fourth-order valence-corrected chi connectivity index (χ4v) is 3.35. The molecule has 148 valence electrons. The number of likely N-dealkylation sites (tertiary alicyclic amines) is 1. The lowest BCUT2D eigenvalue weighted by molar-refractivity contribution is -0.159. The topological polar surface area (TPSA) is 93.1 Å². The zero-order chi connectivity index (χ0) is 19.9. The molecule has 1 fully saturated rings. The van der Waals surface area contributed by atoms with Crippen molar-refractivity contribution in [1.29, 1.82) is 0 Å². The number of hydrogen-bond donors (Lipinski definition) is 1. The Labute approximate surface area is 159 Å². The standard InChI is InChI=1S/C20H27NO6/c1-15(22)16-6-3-7-17(12-16)27-11-4-8-18(23)21-10-5-9-20(13-21,14-26-2)19(24)25/h3,6-7,12H,4-5,8-11,13-14H2,1-2H3,(H,24,25). The number of aliphatic carboxylic acids is 1. The molecule has 0 spiro atoms. The molecule has 1 atom stereocenters. The molecule has 1 amide bonds. The van der Waals surface area contributed by atoms with Crippen molar-refractivity contribution < 1.29 is 29.0 Å². The van der Waals surface area contributed by atoms with Crippen molar-refractivity contribution in [3.63, 3.8) is 0 Å². The second-order valence-corrected chi connectivity index (χ2v) is 6.97. The van der Waals surface area contributed by atoms with E-state index < -0.39 is 11.4 Å². The SMILES string of the molecule is COCC1(C(=O)O)CCCN(C(=O)CCCOc2cccc(C(C)=O)c2)C1. The number of rotatable bonds is 9. The predicted octanol–water partition coefficient (Wildman–Crippen LogP) is 2.39. The molecule has 1 unspecified atom stereocenters. The maximum Gasteiger partial charge on any atom is 0.313 e. The number of benzene rings is 1. The van der Waals surface area contributed by atoms with Gasteiger partial charge in [-0.15, -0.1) is 0 Å². The van der Waals surface area contributed by atoms with Gasteiger partial charge in [-0.05, 0) is 38.3 Å². The highest BCUT2D eigenvalue weighted by atomic mass is 16.5. The summed E-state index contributed by atoms with van der Waals surface area (Å²) in [6, 6.07) is 6.93. The van der Waals surface area contributed by atoms with Crippen LogP contribution in [0.4, 0.5) is 0 Å². The Morgan fingerprint density at radius 3 is 2.74 bits per heavy atom. The fourth-order valence-electron chi connectivity index (χ4n) is 3.35. The molecule has 2 rings (SSSR count). The van der Waals surface area contributed by atoms with Crippen LogP contribution < -0.4 is 4.74 Å². The number of carboxylic acid groups (broad SMARTS) is 1. The Bertz CT molecular complexity index is 685. The normalized spacial score (nSPS) is 19.6. The summed E-state index contributed by atoms with van der Waals surface area (Å²) in [6.07, 6.45) is 1.96. The first-order valence-electron chi connectivity index (χ1n) is 9.12. The number of Topliss-reactive ketones (excluding diaryl/α,β-unsaturated/α-hetero) is 1. The molecule has 1 aromatic rings. The quantitative estimate of drug-likeness (QED) is 0.525. The first kappa shape index (κ1) is 20.9. The van der Waals surface area contributed by atoms with Gasteiger partial charge in [-0.2, -0.15) is 0 Å². The Morgan fingerprint density at radius 1 is 1.30 bits per heavy atom. The van der Waals surface area contributed by atoms with Crippen LogP contribution in [0.1, 0.15) is 43.0 Å². The van der Waals surface area contributed by atoms with Gasteiger partial charge < -0.3 is 19.5 Å². The molecule has 0 aromatic heterocycles. The van der Waals surface area contributed by atoms with E-state index >= 15 is 0 Å². The monoisotopic (exact) mass is 377 g/mol. The number of carboxylic acids is 1. The van der Waals surface area contributed by atoms with Crippen molar-refractivity contribution in [2.45, 2.75) is 32.6 Å². The van der Waals surface area contributed by atoms with Crippen LogP contribution in [0.3, 0.4) is 0 Å². The van der Waals surface area contributed by atoms with E-state index in [9.17, 15) is 19.5 Å². The van der Waals surface area contributed by atoms with Gasteiger partial charge >= 0.3 is 5.97 Å². The molecule has 27 heavy (non-hydrogen) atoms. The highest BCUT2D eigenvalue weighted by Crippen LogP contribution is 2.31. The van der Waals surface area contributed by atoms with E-state index in [0.29, 0.717) is 43.7 Å². The summed E-state index contributed by atoms with van der Waals surface area (Å²) in [5.74, 6) is -0.426. The first-order valence-corrected chi connectivity index (χ1v) is 9.12. The Hall–Kier alpha value is -2.41. The minimum absolute atomic E-state index is 0.0290. The van der Waals surface area contributed by atoms with Crippen LogP contribution in [0.25, 0.3) is 0 Å². The molecule has 1 N–H and O–H groups in total. The van der Waals surface area contributed by atoms with Crippen LogP contribution in [0.2, 0.25) is 0 Å². The van der Waals surface area contributed by atoms with Crippen molar-refractivity contribution >= 4 is 17.7 Å². The van der Waals surface area contributed by atoms with E-state index in [-0.39, 0.29) is 31.3 Å². The highest BCUT2D eigenvalue weighted by Gasteiger charge is 2.43.